The van der Waals surface area contributed by atoms with Gasteiger partial charge in [-0.05, 0) is 88.4 Å². The molecule has 19 N–H and O–H groups in total. The lowest BCUT2D eigenvalue weighted by Gasteiger charge is -2.27. The minimum absolute atomic E-state index is 0.0460. The number of aromatic nitrogens is 1. The van der Waals surface area contributed by atoms with Crippen molar-refractivity contribution in [2.75, 3.05) is 50.1 Å². The minimum atomic E-state index is -1.46. The van der Waals surface area contributed by atoms with Gasteiger partial charge >= 0.3 is 12.2 Å². The second kappa shape index (κ2) is 48.2. The van der Waals surface area contributed by atoms with Gasteiger partial charge in [0, 0.05) is 82.1 Å². The predicted octanol–water partition coefficient (Wildman–Crippen LogP) is 5.51. The lowest BCUT2D eigenvalue weighted by atomic mass is 9.98. The highest BCUT2D eigenvalue weighted by Gasteiger charge is 2.37. The number of benzene rings is 4. The maximum atomic E-state index is 14.1. The molecule has 1 heterocycles. The topological polar surface area (TPSA) is 533 Å². The maximum Gasteiger partial charge on any atom is 0.407 e. The largest absolute Gasteiger partial charge is 0.484 e. The summed E-state index contributed by atoms with van der Waals surface area (Å²) in [6.45, 7) is 7.50. The lowest BCUT2D eigenvalue weighted by Crippen LogP contribution is -2.58. The molecule has 5 aromatic rings. The van der Waals surface area contributed by atoms with Crippen molar-refractivity contribution in [3.63, 3.8) is 0 Å². The molecule has 642 valence electrons. The van der Waals surface area contributed by atoms with E-state index in [4.69, 9.17) is 37.1 Å². The molecule has 34 heteroatoms. The highest BCUT2D eigenvalue weighted by Crippen LogP contribution is 2.46. The first-order valence-corrected chi connectivity index (χ1v) is 40.6. The fraction of sp³-hybridized carbons (Fsp3) is 0.482. The predicted molar refractivity (Wildman–Crippen MR) is 442 cm³/mol. The Kier molecular flexibility index (Phi) is 38.0. The number of pyridine rings is 1. The summed E-state index contributed by atoms with van der Waals surface area (Å²) in [4.78, 5) is 204. The van der Waals surface area contributed by atoms with Crippen LogP contribution in [0.3, 0.4) is 0 Å². The zero-order valence-electron chi connectivity index (χ0n) is 68.2. The molecule has 34 nitrogen and oxygen atoms in total. The van der Waals surface area contributed by atoms with Crippen LogP contribution >= 0.6 is 0 Å². The van der Waals surface area contributed by atoms with Gasteiger partial charge in [-0.2, -0.15) is 0 Å². The molecule has 1 aromatic heterocycles. The Bertz CT molecular complexity index is 4050. The van der Waals surface area contributed by atoms with Crippen molar-refractivity contribution in [1.29, 1.82) is 0 Å². The van der Waals surface area contributed by atoms with Crippen molar-refractivity contribution in [3.8, 4) is 28.0 Å². The van der Waals surface area contributed by atoms with Crippen LogP contribution in [0.2, 0.25) is 0 Å². The van der Waals surface area contributed by atoms with E-state index in [1.807, 2.05) is 97.1 Å². The summed E-state index contributed by atoms with van der Waals surface area (Å²) < 4.78 is 17.2. The van der Waals surface area contributed by atoms with Gasteiger partial charge < -0.3 is 95.6 Å². The summed E-state index contributed by atoms with van der Waals surface area (Å²) in [6, 6.07) is 24.7. The van der Waals surface area contributed by atoms with E-state index in [2.05, 4.69) is 70.4 Å². The van der Waals surface area contributed by atoms with Crippen molar-refractivity contribution in [2.45, 2.75) is 211 Å². The number of unbranched alkanes of at least 4 members (excludes halogenated alkanes) is 9. The van der Waals surface area contributed by atoms with Crippen molar-refractivity contribution < 1.29 is 86.1 Å². The average Bonchev–Trinajstić information content (AvgIpc) is 1.62. The normalized spacial score (nSPS) is 13.3. The van der Waals surface area contributed by atoms with Crippen LogP contribution < -0.4 is 86.2 Å². The van der Waals surface area contributed by atoms with Gasteiger partial charge in [0.25, 0.3) is 5.91 Å². The number of nitrogens with one attached hydrogen (secondary N) is 11. The van der Waals surface area contributed by atoms with E-state index in [9.17, 15) is 71.9 Å². The zero-order valence-corrected chi connectivity index (χ0v) is 68.2. The maximum absolute atomic E-state index is 14.1. The second-order valence-electron chi connectivity index (χ2n) is 30.2. The molecule has 0 spiro atoms. The van der Waals surface area contributed by atoms with Gasteiger partial charge in [-0.25, -0.2) is 14.6 Å². The first-order chi connectivity index (χ1) is 57.0. The lowest BCUT2D eigenvalue weighted by molar-refractivity contribution is -0.134. The number of nitrogens with two attached hydrogens (primary N) is 4. The number of amides is 15. The number of fused-ring (bicyclic) bond motifs is 6. The van der Waals surface area contributed by atoms with Crippen LogP contribution in [0.4, 0.5) is 21.2 Å². The molecule has 0 saturated carbocycles. The molecule has 0 bridgehead atoms. The molecule has 2 aliphatic carbocycles. The van der Waals surface area contributed by atoms with Crippen molar-refractivity contribution in [3.05, 3.63) is 131 Å². The molecular weight excluding hydrogens is 1530 g/mol. The van der Waals surface area contributed by atoms with E-state index in [1.54, 1.807) is 27.7 Å². The summed E-state index contributed by atoms with van der Waals surface area (Å²) in [5.74, 6) is -12.9. The number of anilines is 2. The number of alkyl carbamates (subject to hydrolysis) is 2. The third-order valence-electron chi connectivity index (χ3n) is 20.2. The first kappa shape index (κ1) is 93.6. The Balaban J connectivity index is 0.953. The first-order valence-electron chi connectivity index (χ1n) is 40.6. The Morgan fingerprint density at radius 3 is 1.03 bits per heavy atom. The molecule has 0 unspecified atom stereocenters. The van der Waals surface area contributed by atoms with Crippen LogP contribution in [0.5, 0.6) is 5.75 Å². The molecule has 119 heavy (non-hydrogen) atoms. The zero-order chi connectivity index (χ0) is 86.5. The molecule has 15 amide bonds. The van der Waals surface area contributed by atoms with Gasteiger partial charge in [-0.3, -0.25) is 62.3 Å². The summed E-state index contributed by atoms with van der Waals surface area (Å²) in [6.07, 6.45) is 5.43. The molecule has 0 aliphatic heterocycles. The number of carbonyl (C=O) groups is 15. The fourth-order valence-corrected chi connectivity index (χ4v) is 13.9. The molecular formula is C85H114N16O18. The second-order valence-corrected chi connectivity index (χ2v) is 30.2. The van der Waals surface area contributed by atoms with Gasteiger partial charge in [-0.1, -0.05) is 189 Å². The molecule has 2 aliphatic rings. The Morgan fingerprint density at radius 2 is 0.697 bits per heavy atom. The van der Waals surface area contributed by atoms with E-state index >= 15 is 0 Å². The van der Waals surface area contributed by atoms with E-state index in [0.29, 0.717) is 6.54 Å². The third-order valence-corrected chi connectivity index (χ3v) is 20.2. The number of ether oxygens (including phenoxy) is 3. The summed E-state index contributed by atoms with van der Waals surface area (Å²) >= 11 is 0. The summed E-state index contributed by atoms with van der Waals surface area (Å²) in [5, 5.41) is 28.4. The van der Waals surface area contributed by atoms with Crippen LogP contribution in [0.15, 0.2) is 109 Å². The molecule has 4 aromatic carbocycles. The Morgan fingerprint density at radius 1 is 0.370 bits per heavy atom. The Hall–Kier alpha value is -12.5. The van der Waals surface area contributed by atoms with Crippen LogP contribution in [0.25, 0.3) is 22.3 Å². The van der Waals surface area contributed by atoms with Gasteiger partial charge in [0.2, 0.25) is 70.9 Å². The molecule has 0 saturated heterocycles. The molecule has 0 radical (unpaired) electrons. The highest BCUT2D eigenvalue weighted by molar-refractivity contribution is 5.98. The summed E-state index contributed by atoms with van der Waals surface area (Å²) in [7, 11) is 0. The molecule has 0 fully saturated rings. The van der Waals surface area contributed by atoms with Gasteiger partial charge in [0.05, 0.1) is 0 Å². The molecule has 6 atom stereocenters. The monoisotopic (exact) mass is 1650 g/mol. The van der Waals surface area contributed by atoms with Gasteiger partial charge in [0.15, 0.2) is 6.61 Å². The van der Waals surface area contributed by atoms with E-state index in [-0.39, 0.29) is 94.0 Å². The fourth-order valence-electron chi connectivity index (χ4n) is 13.9. The minimum Gasteiger partial charge on any atom is -0.484 e. The standard InChI is InChI=1S/C85H114N16O18/c1-6-7-8-9-10-11-12-13-14-23-42-90-75(108)49-117-52-45-71(98-73(106)40-43-91-78(109)63(32-36-67(86)102)93-82(113)76(50(2)3)100-80(111)65(34-38-69(88)104)95-84(115)118-47-61-57-28-19-15-24-53(57)54-25-16-20-29-58(54)61)97-72(46-52)99-74(107)41-44-92-79(110)64(33-37-68(87)103)94-83(114)77(51(4)5)101-81(112)66(35-39-70(89)105)96-85(116)119-48-62-59-30-21-17-26-55(59)56-27-18-22-31-60(56)62/h15-22,24-31,45-46,50-51,61-66,76-77H,6-14,23,32-44,47-49H2,1-5H3,(H2,86,102)(H2,87,103)(H2,88,104)(H2,89,105)(H,90,108)(H,91,109)(H,92,110)(H,93,113)(H,94,114)(H,95,115)(H,96,116)(H,100,111)(H,101,112)(H2,97,98,99,106,107)/t63-,64-,65-,66-,76-,77-/m0/s1. The third kappa shape index (κ3) is 30.8. The van der Waals surface area contributed by atoms with Crippen LogP contribution in [-0.4, -0.2) is 170 Å². The number of nitrogens with zero attached hydrogens (tertiary/aromatic N) is 1. The van der Waals surface area contributed by atoms with Crippen LogP contribution in [0, 0.1) is 11.8 Å². The van der Waals surface area contributed by atoms with Crippen molar-refractivity contribution >= 4 is 101 Å². The van der Waals surface area contributed by atoms with E-state index < -0.39 is 169 Å². The number of hydrogen-bond acceptors (Lipinski definition) is 19. The number of carbonyl (C=O) groups excluding carboxylic acids is 15. The average molecular weight is 1650 g/mol. The number of primary amides is 4. The highest BCUT2D eigenvalue weighted by atomic mass is 16.6. The van der Waals surface area contributed by atoms with Crippen molar-refractivity contribution in [2.24, 2.45) is 34.8 Å². The quantitative estimate of drug-likeness (QED) is 0.0213. The van der Waals surface area contributed by atoms with Gasteiger partial charge in [-0.15, -0.1) is 0 Å². The van der Waals surface area contributed by atoms with E-state index in [0.717, 1.165) is 76.6 Å². The van der Waals surface area contributed by atoms with Gasteiger partial charge in [0.1, 0.15) is 66.9 Å². The molecule has 7 rings (SSSR count). The summed E-state index contributed by atoms with van der Waals surface area (Å²) in [5.41, 5.74) is 29.6. The Labute approximate surface area is 691 Å². The van der Waals surface area contributed by atoms with Crippen LogP contribution in [-0.2, 0) is 71.8 Å². The number of hydrogen-bond donors (Lipinski definition) is 15. The smallest absolute Gasteiger partial charge is 0.407 e. The van der Waals surface area contributed by atoms with Crippen LogP contribution in [0.1, 0.15) is 197 Å². The van der Waals surface area contributed by atoms with Crippen molar-refractivity contribution in [1.82, 2.24) is 52.8 Å². The van der Waals surface area contributed by atoms with E-state index in [1.165, 1.54) is 44.2 Å². The number of rotatable bonds is 52. The SMILES string of the molecule is CCCCCCCCCCCCNC(=O)COc1cc(NC(=O)CCNC(=O)[C@H](CCC(N)=O)NC(=O)[C@@H](NC(=O)[C@H](CCC(N)=O)NC(=O)OCC2c3ccccc3-c3ccccc32)C(C)C)nc(NC(=O)CCNC(=O)[C@H](CCC(N)=O)NC(=O)[C@@H](NC(=O)[C@H](CCC(N)=O)NC(=O)OCC2c3ccccc3-c3ccccc32)C(C)C)c1.